The van der Waals surface area contributed by atoms with E-state index in [1.54, 1.807) is 6.07 Å². The summed E-state index contributed by atoms with van der Waals surface area (Å²) in [4.78, 5) is 13.2. The summed E-state index contributed by atoms with van der Waals surface area (Å²) in [5.41, 5.74) is 1.54. The molecule has 26 heavy (non-hydrogen) atoms. The number of nitrogens with zero attached hydrogens (tertiary/aromatic N) is 1. The second kappa shape index (κ2) is 8.44. The Morgan fingerprint density at radius 3 is 2.35 bits per heavy atom. The number of aromatic carboxylic acids is 1. The summed E-state index contributed by atoms with van der Waals surface area (Å²) in [6, 6.07) is 13.7. The Kier molecular flexibility index (Phi) is 6.52. The van der Waals surface area contributed by atoms with E-state index in [1.165, 1.54) is 12.1 Å². The maximum absolute atomic E-state index is 12.8. The molecule has 0 radical (unpaired) electrons. The number of rotatable bonds is 8. The van der Waals surface area contributed by atoms with E-state index in [1.807, 2.05) is 56.3 Å². The smallest absolute Gasteiger partial charge is 0.335 e. The first-order valence-corrected chi connectivity index (χ1v) is 9.81. The summed E-state index contributed by atoms with van der Waals surface area (Å²) < 4.78 is 28.3. The van der Waals surface area contributed by atoms with Crippen molar-refractivity contribution in [1.82, 2.24) is 9.62 Å². The topological polar surface area (TPSA) is 86.7 Å². The number of carboxylic acid groups (broad SMARTS) is 1. The van der Waals surface area contributed by atoms with E-state index in [2.05, 4.69) is 4.72 Å². The second-order valence-corrected chi connectivity index (χ2v) is 7.96. The van der Waals surface area contributed by atoms with Crippen LogP contribution in [0.5, 0.6) is 0 Å². The second-order valence-electron chi connectivity index (χ2n) is 6.22. The third-order valence-corrected chi connectivity index (χ3v) is 5.76. The molecule has 2 N–H and O–H groups in total. The lowest BCUT2D eigenvalue weighted by atomic mass is 10.1. The zero-order valence-corrected chi connectivity index (χ0v) is 16.0. The molecule has 0 heterocycles. The van der Waals surface area contributed by atoms with Crippen LogP contribution in [0.1, 0.15) is 34.5 Å². The van der Waals surface area contributed by atoms with Gasteiger partial charge < -0.3 is 10.0 Å². The molecule has 0 amide bonds. The molecule has 0 saturated carbocycles. The van der Waals surface area contributed by atoms with Gasteiger partial charge in [-0.1, -0.05) is 43.3 Å². The molecular formula is C19H24N2O4S. The van der Waals surface area contributed by atoms with Gasteiger partial charge in [0.15, 0.2) is 0 Å². The molecule has 0 aliphatic rings. The van der Waals surface area contributed by atoms with Gasteiger partial charge in [0.1, 0.15) is 0 Å². The first kappa shape index (κ1) is 20.1. The predicted octanol–water partition coefficient (Wildman–Crippen LogP) is 2.53. The number of hydrogen-bond donors (Lipinski definition) is 2. The molecule has 2 aromatic rings. The van der Waals surface area contributed by atoms with Gasteiger partial charge in [-0.05, 0) is 43.8 Å². The van der Waals surface area contributed by atoms with Crippen LogP contribution in [0, 0.1) is 0 Å². The highest BCUT2D eigenvalue weighted by molar-refractivity contribution is 7.89. The number of nitrogens with one attached hydrogen (secondary N) is 1. The zero-order chi connectivity index (χ0) is 19.3. The number of sulfonamides is 1. The normalized spacial score (nSPS) is 12.9. The van der Waals surface area contributed by atoms with Gasteiger partial charge in [-0.15, -0.1) is 0 Å². The highest BCUT2D eigenvalue weighted by atomic mass is 32.2. The van der Waals surface area contributed by atoms with Gasteiger partial charge >= 0.3 is 5.97 Å². The first-order chi connectivity index (χ1) is 12.3. The molecule has 1 atom stereocenters. The average molecular weight is 376 g/mol. The van der Waals surface area contributed by atoms with Crippen molar-refractivity contribution in [3.63, 3.8) is 0 Å². The summed E-state index contributed by atoms with van der Waals surface area (Å²) in [5.74, 6) is -1.15. The van der Waals surface area contributed by atoms with Gasteiger partial charge in [0.2, 0.25) is 10.0 Å². The third kappa shape index (κ3) is 4.69. The van der Waals surface area contributed by atoms with E-state index in [4.69, 9.17) is 5.11 Å². The third-order valence-electron chi connectivity index (χ3n) is 4.26. The van der Waals surface area contributed by atoms with E-state index >= 15 is 0 Å². The van der Waals surface area contributed by atoms with Crippen molar-refractivity contribution in [3.05, 3.63) is 65.2 Å². The lowest BCUT2D eigenvalue weighted by Gasteiger charge is -2.25. The zero-order valence-electron chi connectivity index (χ0n) is 15.1. The number of carboxylic acids is 1. The van der Waals surface area contributed by atoms with Crippen molar-refractivity contribution in [2.45, 2.75) is 24.3 Å². The summed E-state index contributed by atoms with van der Waals surface area (Å²) in [6.45, 7) is 2.02. The van der Waals surface area contributed by atoms with Crippen LogP contribution < -0.4 is 4.72 Å². The minimum Gasteiger partial charge on any atom is -0.478 e. The molecule has 1 unspecified atom stereocenters. The van der Waals surface area contributed by atoms with Crippen molar-refractivity contribution in [2.24, 2.45) is 0 Å². The molecule has 0 spiro atoms. The molecule has 2 rings (SSSR count). The molecule has 140 valence electrons. The molecule has 0 aliphatic carbocycles. The van der Waals surface area contributed by atoms with Gasteiger partial charge in [0, 0.05) is 12.6 Å². The largest absolute Gasteiger partial charge is 0.478 e. The Labute approximate surface area is 154 Å². The van der Waals surface area contributed by atoms with Gasteiger partial charge in [-0.2, -0.15) is 0 Å². The van der Waals surface area contributed by atoms with Crippen molar-refractivity contribution in [1.29, 1.82) is 0 Å². The Bertz CT molecular complexity index is 864. The lowest BCUT2D eigenvalue weighted by molar-refractivity contribution is 0.0696. The van der Waals surface area contributed by atoms with Crippen LogP contribution in [-0.2, 0) is 16.4 Å². The molecular weight excluding hydrogens is 352 g/mol. The number of likely N-dealkylation sites (N-methyl/N-ethyl adjacent to an activating group) is 1. The van der Waals surface area contributed by atoms with Crippen LogP contribution >= 0.6 is 0 Å². The van der Waals surface area contributed by atoms with Crippen LogP contribution in [0.15, 0.2) is 53.4 Å². The Hall–Kier alpha value is -2.22. The molecule has 0 aliphatic heterocycles. The van der Waals surface area contributed by atoms with Crippen LogP contribution in [0.25, 0.3) is 0 Å². The molecule has 0 aromatic heterocycles. The summed E-state index contributed by atoms with van der Waals surface area (Å²) >= 11 is 0. The Morgan fingerprint density at radius 1 is 1.15 bits per heavy atom. The highest BCUT2D eigenvalue weighted by Gasteiger charge is 2.23. The first-order valence-electron chi connectivity index (χ1n) is 8.33. The maximum atomic E-state index is 12.8. The van der Waals surface area contributed by atoms with Crippen molar-refractivity contribution in [3.8, 4) is 0 Å². The van der Waals surface area contributed by atoms with Crippen LogP contribution in [0.2, 0.25) is 0 Å². The Morgan fingerprint density at radius 2 is 1.81 bits per heavy atom. The molecule has 2 aromatic carbocycles. The number of hydrogen-bond acceptors (Lipinski definition) is 4. The molecule has 7 heteroatoms. The SMILES string of the molecule is CCc1ccc(C(=O)O)cc1S(=O)(=O)NCC(c1ccccc1)N(C)C. The van der Waals surface area contributed by atoms with Crippen LogP contribution in [-0.4, -0.2) is 45.0 Å². The molecule has 0 fully saturated rings. The Balaban J connectivity index is 2.30. The van der Waals surface area contributed by atoms with E-state index in [0.29, 0.717) is 12.0 Å². The van der Waals surface area contributed by atoms with Crippen molar-refractivity contribution >= 4 is 16.0 Å². The van der Waals surface area contributed by atoms with Gasteiger partial charge in [-0.3, -0.25) is 0 Å². The predicted molar refractivity (Wildman–Crippen MR) is 101 cm³/mol. The maximum Gasteiger partial charge on any atom is 0.335 e. The van der Waals surface area contributed by atoms with E-state index in [-0.39, 0.29) is 23.0 Å². The fourth-order valence-electron chi connectivity index (χ4n) is 2.77. The van der Waals surface area contributed by atoms with Crippen LogP contribution in [0.4, 0.5) is 0 Å². The fraction of sp³-hybridized carbons (Fsp3) is 0.316. The fourth-order valence-corrected chi connectivity index (χ4v) is 4.14. The summed E-state index contributed by atoms with van der Waals surface area (Å²) in [7, 11) is -0.0688. The van der Waals surface area contributed by atoms with E-state index in [0.717, 1.165) is 5.56 Å². The average Bonchev–Trinajstić information content (AvgIpc) is 2.61. The molecule has 6 nitrogen and oxygen atoms in total. The summed E-state index contributed by atoms with van der Waals surface area (Å²) in [5, 5.41) is 9.16. The number of benzene rings is 2. The van der Waals surface area contributed by atoms with E-state index in [9.17, 15) is 13.2 Å². The molecule has 0 saturated heterocycles. The van der Waals surface area contributed by atoms with Gasteiger partial charge in [0.25, 0.3) is 0 Å². The number of aryl methyl sites for hydroxylation is 1. The number of carbonyl (C=O) groups is 1. The van der Waals surface area contributed by atoms with Gasteiger partial charge in [-0.25, -0.2) is 17.9 Å². The van der Waals surface area contributed by atoms with Crippen LogP contribution in [0.3, 0.4) is 0 Å². The summed E-state index contributed by atoms with van der Waals surface area (Å²) in [6.07, 6.45) is 0.492. The van der Waals surface area contributed by atoms with E-state index < -0.39 is 16.0 Å². The van der Waals surface area contributed by atoms with Crippen molar-refractivity contribution < 1.29 is 18.3 Å². The lowest BCUT2D eigenvalue weighted by Crippen LogP contribution is -2.35. The van der Waals surface area contributed by atoms with Gasteiger partial charge in [0.05, 0.1) is 10.5 Å². The minimum atomic E-state index is -3.84. The highest BCUT2D eigenvalue weighted by Crippen LogP contribution is 2.21. The quantitative estimate of drug-likeness (QED) is 0.739. The molecule has 0 bridgehead atoms. The standard InChI is InChI=1S/C19H24N2O4S/c1-4-14-10-11-16(19(22)23)12-18(14)26(24,25)20-13-17(21(2)3)15-8-6-5-7-9-15/h5-12,17,20H,4,13H2,1-3H3,(H,22,23). The minimum absolute atomic E-state index is 0.0190. The van der Waals surface area contributed by atoms with Crippen molar-refractivity contribution in [2.75, 3.05) is 20.6 Å². The monoisotopic (exact) mass is 376 g/mol.